The number of carbonyl (C=O) groups is 1. The Hall–Kier alpha value is -0.180. The SMILES string of the molecule is Cc1cn([C@H]2CC(O)[C@@H](CO[I+]([O-])(O)OP(=O)([O-])OP(=O)([O-])OP(=O)([O-])OC3CCC(NC(=O)CI)CC3)O2)c(=O)[nH]c1=O. The van der Waals surface area contributed by atoms with Crippen LogP contribution in [0.3, 0.4) is 0 Å². The number of halogens is 2. The van der Waals surface area contributed by atoms with Gasteiger partial charge in [0, 0.05) is 0 Å². The Morgan fingerprint density at radius 3 is 2.39 bits per heavy atom. The summed E-state index contributed by atoms with van der Waals surface area (Å²) in [4.78, 5) is 73.1. The first-order valence-electron chi connectivity index (χ1n) is 12.3. The van der Waals surface area contributed by atoms with Crippen molar-refractivity contribution in [2.75, 3.05) is 11.0 Å². The summed E-state index contributed by atoms with van der Waals surface area (Å²) in [5.41, 5.74) is -1.41. The van der Waals surface area contributed by atoms with Gasteiger partial charge >= 0.3 is 231 Å². The predicted octanol–water partition coefficient (Wildman–Crippen LogP) is -5.98. The quantitative estimate of drug-likeness (QED) is 0.0767. The Bertz CT molecular complexity index is 1450. The number of nitrogens with one attached hydrogen (secondary N) is 2. The van der Waals surface area contributed by atoms with Gasteiger partial charge in [0.25, 0.3) is 0 Å². The average Bonchev–Trinajstić information content (AvgIpc) is 3.23. The number of aryl methyl sites for hydroxylation is 1. The number of aliphatic hydroxyl groups excluding tert-OH is 1. The van der Waals surface area contributed by atoms with Crippen molar-refractivity contribution in [2.24, 2.45) is 0 Å². The van der Waals surface area contributed by atoms with E-state index in [0.717, 1.165) is 10.8 Å². The summed E-state index contributed by atoms with van der Waals surface area (Å²) in [7, 11) is -18.4. The molecule has 21 nitrogen and oxygen atoms in total. The number of aromatic nitrogens is 2. The first kappa shape index (κ1) is 38.3. The second-order valence-electron chi connectivity index (χ2n) is 9.44. The van der Waals surface area contributed by atoms with Crippen LogP contribution >= 0.6 is 46.1 Å². The summed E-state index contributed by atoms with van der Waals surface area (Å²) >= 11 is -4.70. The van der Waals surface area contributed by atoms with E-state index in [1.54, 1.807) is 0 Å². The second-order valence-corrected chi connectivity index (χ2v) is 18.6. The van der Waals surface area contributed by atoms with Gasteiger partial charge in [-0.3, -0.25) is 4.79 Å². The van der Waals surface area contributed by atoms with E-state index in [1.807, 2.05) is 27.6 Å². The molecule has 2 aliphatic rings. The van der Waals surface area contributed by atoms with E-state index < -0.39 is 86.0 Å². The van der Waals surface area contributed by atoms with Crippen LogP contribution in [0.2, 0.25) is 0 Å². The first-order valence-corrected chi connectivity index (χ1v) is 21.8. The van der Waals surface area contributed by atoms with E-state index in [0.29, 0.717) is 12.8 Å². The molecule has 26 heteroatoms. The molecule has 1 saturated carbocycles. The van der Waals surface area contributed by atoms with Crippen LogP contribution < -0.4 is 54.8 Å². The van der Waals surface area contributed by atoms with E-state index in [-0.39, 0.29) is 41.2 Å². The van der Waals surface area contributed by atoms with Crippen LogP contribution in [0.1, 0.15) is 43.9 Å². The molecule has 4 N–H and O–H groups in total. The Morgan fingerprint density at radius 1 is 1.16 bits per heavy atom. The fourth-order valence-corrected chi connectivity index (χ4v) is 11.4. The zero-order valence-electron chi connectivity index (χ0n) is 22.4. The monoisotopic (exact) mass is 920 g/mol. The van der Waals surface area contributed by atoms with Gasteiger partial charge in [0.05, 0.1) is 4.43 Å². The number of amides is 1. The molecule has 1 aliphatic carbocycles. The average molecular weight is 920 g/mol. The van der Waals surface area contributed by atoms with Gasteiger partial charge in [-0.15, -0.1) is 0 Å². The van der Waals surface area contributed by atoms with Gasteiger partial charge in [0.1, 0.15) is 0 Å². The summed E-state index contributed by atoms with van der Waals surface area (Å²) in [5, 5.41) is 12.9. The Labute approximate surface area is 267 Å². The molecule has 2 heterocycles. The number of aromatic amines is 1. The molecule has 7 atom stereocenters. The summed E-state index contributed by atoms with van der Waals surface area (Å²) in [6.07, 6.45) is -3.43. The minimum atomic E-state index is -6.56. The minimum absolute atomic E-state index is 0.0736. The van der Waals surface area contributed by atoms with Crippen molar-refractivity contribution >= 4 is 52.0 Å². The van der Waals surface area contributed by atoms with Crippen LogP contribution in [0.4, 0.5) is 0 Å². The molecule has 0 spiro atoms. The molecule has 0 aromatic carbocycles. The van der Waals surface area contributed by atoms with Crippen LogP contribution in [0.15, 0.2) is 15.8 Å². The normalized spacial score (nSPS) is 30.3. The van der Waals surface area contributed by atoms with Gasteiger partial charge < -0.3 is 0 Å². The van der Waals surface area contributed by atoms with E-state index in [9.17, 15) is 54.7 Å². The molecular weight excluding hydrogens is 893 g/mol. The van der Waals surface area contributed by atoms with Crippen LogP contribution in [0.5, 0.6) is 0 Å². The van der Waals surface area contributed by atoms with Crippen LogP contribution in [-0.4, -0.2) is 59.4 Å². The number of hydrogen-bond donors (Lipinski definition) is 4. The standard InChI is InChI=1S/C18H30I2N3O18P3/c1-10-8-23(18(27)22-17(10)26)16-6-13(24)14(37-16)9-36-20(28,29)39-43(32,33)41-44(34,35)40-42(30,31)38-12-4-2-11(3-5-12)21-15(25)7-19/h8,11-14,16,24,28H,2-7,9H2,1H3,(H,21,25)(H,30,31)(H,32,33)(H,34,35)(H,22,26,27)/p-3/t11?,12?,13?,14-,16-/m1/s1. The van der Waals surface area contributed by atoms with E-state index >= 15 is 0 Å². The van der Waals surface area contributed by atoms with Gasteiger partial charge in [-0.1, -0.05) is 22.6 Å². The van der Waals surface area contributed by atoms with Crippen molar-refractivity contribution in [1.82, 2.24) is 14.9 Å². The fourth-order valence-electron chi connectivity index (χ4n) is 4.16. The summed E-state index contributed by atoms with van der Waals surface area (Å²) in [5.74, 6) is -0.227. The number of hydrogen-bond acceptors (Lipinski definition) is 18. The van der Waals surface area contributed by atoms with E-state index in [4.69, 9.17) is 4.74 Å². The molecule has 1 aromatic rings. The number of alkyl halides is 1. The molecule has 1 saturated heterocycles. The second kappa shape index (κ2) is 15.4. The molecule has 254 valence electrons. The number of phosphoric acid groups is 3. The van der Waals surface area contributed by atoms with E-state index in [2.05, 4.69) is 24.4 Å². The molecule has 0 radical (unpaired) electrons. The number of aliphatic hydroxyl groups is 1. The van der Waals surface area contributed by atoms with Crippen molar-refractivity contribution in [1.29, 1.82) is 0 Å². The Balaban J connectivity index is 1.51. The number of rotatable bonds is 14. The third-order valence-electron chi connectivity index (χ3n) is 6.04. The summed E-state index contributed by atoms with van der Waals surface area (Å²) in [6.45, 7) is 0.397. The number of phosphoric ester groups is 1. The predicted molar refractivity (Wildman–Crippen MR) is 139 cm³/mol. The van der Waals surface area contributed by atoms with Crippen molar-refractivity contribution in [3.63, 3.8) is 0 Å². The molecule has 5 unspecified atom stereocenters. The zero-order chi connectivity index (χ0) is 33.1. The molecular formula is C18H27I2N3O18P3-3. The van der Waals surface area contributed by atoms with Crippen molar-refractivity contribution in [2.45, 2.75) is 69.6 Å². The maximum atomic E-state index is 12.2. The van der Waals surface area contributed by atoms with Crippen LogP contribution in [-0.2, 0) is 42.3 Å². The van der Waals surface area contributed by atoms with E-state index in [1.165, 1.54) is 6.92 Å². The van der Waals surface area contributed by atoms with Crippen molar-refractivity contribution in [3.05, 3.63) is 32.6 Å². The molecule has 0 bridgehead atoms. The van der Waals surface area contributed by atoms with Crippen LogP contribution in [0.25, 0.3) is 0 Å². The van der Waals surface area contributed by atoms with Gasteiger partial charge in [0.2, 0.25) is 5.91 Å². The Kier molecular flexibility index (Phi) is 13.4. The third-order valence-corrected chi connectivity index (χ3v) is 14.9. The topological polar surface area (TPSA) is 323 Å². The molecule has 44 heavy (non-hydrogen) atoms. The Morgan fingerprint density at radius 2 is 1.77 bits per heavy atom. The molecule has 3 rings (SSSR count). The summed E-state index contributed by atoms with van der Waals surface area (Å²) < 4.78 is 84.9. The van der Waals surface area contributed by atoms with Crippen molar-refractivity contribution < 1.29 is 89.0 Å². The summed E-state index contributed by atoms with van der Waals surface area (Å²) in [6, 6.07) is -0.255. The number of carbonyl (C=O) groups excluding carboxylic acids is 1. The van der Waals surface area contributed by atoms with Gasteiger partial charge in [-0.05, 0) is 0 Å². The van der Waals surface area contributed by atoms with Crippen LogP contribution in [0, 0.1) is 6.92 Å². The maximum absolute atomic E-state index is 12.2. The van der Waals surface area contributed by atoms with Gasteiger partial charge in [-0.25, -0.2) is 0 Å². The number of nitrogens with zero attached hydrogens (tertiary/aromatic N) is 1. The third kappa shape index (κ3) is 11.8. The zero-order valence-corrected chi connectivity index (χ0v) is 29.4. The molecule has 1 aromatic heterocycles. The fraction of sp³-hybridized carbons (Fsp3) is 0.722. The molecule has 1 aliphatic heterocycles. The molecule has 1 amide bonds. The van der Waals surface area contributed by atoms with Gasteiger partial charge in [-0.2, -0.15) is 0 Å². The molecule has 2 fully saturated rings. The first-order chi connectivity index (χ1) is 20.2. The van der Waals surface area contributed by atoms with Crippen molar-refractivity contribution in [3.8, 4) is 0 Å². The number of H-pyrrole nitrogens is 1. The number of ether oxygens (including phenoxy) is 1. The van der Waals surface area contributed by atoms with Gasteiger partial charge in [0.15, 0.2) is 0 Å².